The number of hydrogen-bond donors (Lipinski definition) is 1. The van der Waals surface area contributed by atoms with E-state index < -0.39 is 0 Å². The van der Waals surface area contributed by atoms with Gasteiger partial charge in [0.1, 0.15) is 5.60 Å². The largest absolute Gasteiger partial charge is 0.444 e. The maximum absolute atomic E-state index is 12.2. The summed E-state index contributed by atoms with van der Waals surface area (Å²) in [7, 11) is 0. The van der Waals surface area contributed by atoms with Crippen molar-refractivity contribution in [2.75, 3.05) is 19.6 Å². The van der Waals surface area contributed by atoms with E-state index in [1.807, 2.05) is 25.7 Å². The van der Waals surface area contributed by atoms with Crippen LogP contribution >= 0.6 is 0 Å². The second-order valence-corrected chi connectivity index (χ2v) is 7.45. The van der Waals surface area contributed by atoms with E-state index in [9.17, 15) is 4.79 Å². The second kappa shape index (κ2) is 4.65. The number of ether oxygens (including phenoxy) is 1. The lowest BCUT2D eigenvalue weighted by atomic mass is 9.69. The van der Waals surface area contributed by atoms with E-state index in [2.05, 4.69) is 5.32 Å². The van der Waals surface area contributed by atoms with E-state index in [1.54, 1.807) is 0 Å². The Hall–Kier alpha value is -0.770. The molecule has 2 unspecified atom stereocenters. The average Bonchev–Trinajstić information content (AvgIpc) is 2.98. The van der Waals surface area contributed by atoms with Gasteiger partial charge in [-0.15, -0.1) is 0 Å². The summed E-state index contributed by atoms with van der Waals surface area (Å²) < 4.78 is 5.51. The molecule has 0 aromatic rings. The Morgan fingerprint density at radius 3 is 2.84 bits per heavy atom. The zero-order valence-corrected chi connectivity index (χ0v) is 12.3. The number of amides is 1. The van der Waals surface area contributed by atoms with Crippen LogP contribution in [0.15, 0.2) is 0 Å². The zero-order valence-electron chi connectivity index (χ0n) is 12.3. The number of carbonyl (C=O) groups is 1. The first-order valence-corrected chi connectivity index (χ1v) is 7.64. The van der Waals surface area contributed by atoms with E-state index >= 15 is 0 Å². The van der Waals surface area contributed by atoms with E-state index in [1.165, 1.54) is 32.4 Å². The van der Waals surface area contributed by atoms with Gasteiger partial charge in [0.05, 0.1) is 0 Å². The first kappa shape index (κ1) is 13.2. The second-order valence-electron chi connectivity index (χ2n) is 7.45. The molecule has 4 heteroatoms. The molecule has 1 amide bonds. The number of nitrogens with zero attached hydrogens (tertiary/aromatic N) is 1. The van der Waals surface area contributed by atoms with Crippen molar-refractivity contribution in [3.63, 3.8) is 0 Å². The van der Waals surface area contributed by atoms with Crippen molar-refractivity contribution < 1.29 is 9.53 Å². The fourth-order valence-electron chi connectivity index (χ4n) is 3.91. The van der Waals surface area contributed by atoms with Crippen LogP contribution in [0.4, 0.5) is 4.79 Å². The summed E-state index contributed by atoms with van der Waals surface area (Å²) in [6, 6.07) is 0.459. The summed E-state index contributed by atoms with van der Waals surface area (Å²) in [5, 5.41) is 3.44. The van der Waals surface area contributed by atoms with Crippen LogP contribution in [0.3, 0.4) is 0 Å². The monoisotopic (exact) mass is 266 g/mol. The number of hydrogen-bond acceptors (Lipinski definition) is 3. The molecule has 1 saturated carbocycles. The molecule has 3 heterocycles. The van der Waals surface area contributed by atoms with E-state index in [4.69, 9.17) is 4.74 Å². The quantitative estimate of drug-likeness (QED) is 0.833. The van der Waals surface area contributed by atoms with Crippen molar-refractivity contribution in [3.8, 4) is 0 Å². The van der Waals surface area contributed by atoms with Gasteiger partial charge in [-0.1, -0.05) is 0 Å². The van der Waals surface area contributed by atoms with Crippen LogP contribution in [-0.2, 0) is 4.74 Å². The van der Waals surface area contributed by atoms with Crippen LogP contribution in [0.1, 0.15) is 40.0 Å². The number of rotatable bonds is 2. The standard InChI is InChI=1S/C15H26N2O2/c1-15(2,3)19-14(18)17-9-11-7-13(17)12(11)6-10-4-5-16-8-10/h10-13,16H,4-9H2,1-3H3/t10?,11-,12?,13-/m0/s1. The number of carbonyl (C=O) groups excluding carboxylic acids is 1. The molecule has 0 spiro atoms. The van der Waals surface area contributed by atoms with Gasteiger partial charge in [-0.3, -0.25) is 0 Å². The fourth-order valence-corrected chi connectivity index (χ4v) is 3.91. The van der Waals surface area contributed by atoms with Gasteiger partial charge in [0.2, 0.25) is 0 Å². The highest BCUT2D eigenvalue weighted by molar-refractivity contribution is 5.69. The Morgan fingerprint density at radius 2 is 2.21 bits per heavy atom. The summed E-state index contributed by atoms with van der Waals surface area (Å²) in [4.78, 5) is 14.2. The Morgan fingerprint density at radius 1 is 1.42 bits per heavy atom. The van der Waals surface area contributed by atoms with E-state index in [-0.39, 0.29) is 11.7 Å². The molecule has 19 heavy (non-hydrogen) atoms. The van der Waals surface area contributed by atoms with Crippen LogP contribution in [0.5, 0.6) is 0 Å². The molecule has 2 bridgehead atoms. The van der Waals surface area contributed by atoms with Crippen molar-refractivity contribution in [1.82, 2.24) is 10.2 Å². The van der Waals surface area contributed by atoms with Crippen molar-refractivity contribution in [2.45, 2.75) is 51.7 Å². The third-order valence-corrected chi connectivity index (χ3v) is 4.87. The molecule has 4 nitrogen and oxygen atoms in total. The molecule has 3 aliphatic heterocycles. The van der Waals surface area contributed by atoms with Crippen LogP contribution in [-0.4, -0.2) is 42.3 Å². The SMILES string of the molecule is CC(C)(C)OC(=O)N1C[C@@H]2C[C@H]1C2CC1CCNC1. The highest BCUT2D eigenvalue weighted by atomic mass is 16.6. The summed E-state index contributed by atoms with van der Waals surface area (Å²) in [5.74, 6) is 2.30. The van der Waals surface area contributed by atoms with Crippen LogP contribution < -0.4 is 5.32 Å². The van der Waals surface area contributed by atoms with Crippen molar-refractivity contribution in [3.05, 3.63) is 0 Å². The Bertz CT molecular complexity index is 358. The zero-order chi connectivity index (χ0) is 13.6. The Labute approximate surface area is 115 Å². The van der Waals surface area contributed by atoms with Gasteiger partial charge in [0.15, 0.2) is 0 Å². The van der Waals surface area contributed by atoms with Crippen molar-refractivity contribution >= 4 is 6.09 Å². The first-order chi connectivity index (χ1) is 8.94. The summed E-state index contributed by atoms with van der Waals surface area (Å²) in [5.41, 5.74) is -0.380. The summed E-state index contributed by atoms with van der Waals surface area (Å²) >= 11 is 0. The molecule has 4 atom stereocenters. The lowest BCUT2D eigenvalue weighted by Gasteiger charge is -2.38. The van der Waals surface area contributed by atoms with Gasteiger partial charge < -0.3 is 15.0 Å². The lowest BCUT2D eigenvalue weighted by Crippen LogP contribution is -2.43. The van der Waals surface area contributed by atoms with Gasteiger partial charge in [0, 0.05) is 12.6 Å². The smallest absolute Gasteiger partial charge is 0.410 e. The predicted molar refractivity (Wildman–Crippen MR) is 73.9 cm³/mol. The minimum atomic E-state index is -0.380. The lowest BCUT2D eigenvalue weighted by molar-refractivity contribution is 0.0188. The third-order valence-electron chi connectivity index (χ3n) is 4.87. The van der Waals surface area contributed by atoms with Crippen LogP contribution in [0.25, 0.3) is 0 Å². The van der Waals surface area contributed by atoms with Gasteiger partial charge in [-0.2, -0.15) is 0 Å². The molecule has 4 aliphatic rings. The summed E-state index contributed by atoms with van der Waals surface area (Å²) in [6.07, 6.45) is 3.70. The van der Waals surface area contributed by atoms with Gasteiger partial charge in [0.25, 0.3) is 0 Å². The molecule has 3 saturated heterocycles. The van der Waals surface area contributed by atoms with Crippen LogP contribution in [0, 0.1) is 17.8 Å². The van der Waals surface area contributed by atoms with Gasteiger partial charge in [-0.05, 0) is 70.9 Å². The Balaban J connectivity index is 1.55. The van der Waals surface area contributed by atoms with Gasteiger partial charge in [-0.25, -0.2) is 4.79 Å². The maximum atomic E-state index is 12.2. The highest BCUT2D eigenvalue weighted by Gasteiger charge is 2.54. The minimum absolute atomic E-state index is 0.105. The van der Waals surface area contributed by atoms with E-state index in [0.717, 1.165) is 24.3 Å². The highest BCUT2D eigenvalue weighted by Crippen LogP contribution is 2.49. The normalized spacial score (nSPS) is 37.3. The van der Waals surface area contributed by atoms with Gasteiger partial charge >= 0.3 is 6.09 Å². The molecule has 0 aromatic carbocycles. The Kier molecular flexibility index (Phi) is 3.24. The average molecular weight is 266 g/mol. The number of nitrogens with one attached hydrogen (secondary N) is 1. The first-order valence-electron chi connectivity index (χ1n) is 7.64. The maximum Gasteiger partial charge on any atom is 0.410 e. The summed E-state index contributed by atoms with van der Waals surface area (Å²) in [6.45, 7) is 9.07. The fraction of sp³-hybridized carbons (Fsp3) is 0.933. The molecule has 0 radical (unpaired) electrons. The third kappa shape index (κ3) is 2.60. The predicted octanol–water partition coefficient (Wildman–Crippen LogP) is 2.24. The molecule has 108 valence electrons. The van der Waals surface area contributed by atoms with E-state index in [0.29, 0.717) is 6.04 Å². The molecule has 1 N–H and O–H groups in total. The van der Waals surface area contributed by atoms with Crippen molar-refractivity contribution in [2.24, 2.45) is 17.8 Å². The van der Waals surface area contributed by atoms with Crippen molar-refractivity contribution in [1.29, 1.82) is 0 Å². The topological polar surface area (TPSA) is 41.6 Å². The molecule has 4 rings (SSSR count). The molecule has 0 aromatic heterocycles. The molecular weight excluding hydrogens is 240 g/mol. The molecule has 4 fully saturated rings. The number of fused-ring (bicyclic) bond motifs is 1. The minimum Gasteiger partial charge on any atom is -0.444 e. The molecule has 1 aliphatic carbocycles. The van der Waals surface area contributed by atoms with Crippen LogP contribution in [0.2, 0.25) is 0 Å². The molecular formula is C15H26N2O2.